The fourth-order valence-corrected chi connectivity index (χ4v) is 1.37. The molecular formula is C9H12F2N4O. The summed E-state index contributed by atoms with van der Waals surface area (Å²) >= 11 is 0. The van der Waals surface area contributed by atoms with Gasteiger partial charge in [-0.2, -0.15) is 0 Å². The van der Waals surface area contributed by atoms with Gasteiger partial charge in [0.25, 0.3) is 12.3 Å². The van der Waals surface area contributed by atoms with Crippen molar-refractivity contribution in [3.8, 4) is 0 Å². The van der Waals surface area contributed by atoms with Crippen molar-refractivity contribution in [3.05, 3.63) is 11.6 Å². The van der Waals surface area contributed by atoms with Crippen LogP contribution < -0.4 is 0 Å². The number of aromatic amines is 1. The van der Waals surface area contributed by atoms with E-state index in [4.69, 9.17) is 0 Å². The number of H-pyrrole nitrogens is 1. The SMILES string of the molecule is CN(CC(F)F)C(=O)c1n[nH]c(C2CC2)n1. The van der Waals surface area contributed by atoms with Crippen LogP contribution in [0.3, 0.4) is 0 Å². The highest BCUT2D eigenvalue weighted by molar-refractivity contribution is 5.90. The molecule has 5 nitrogen and oxygen atoms in total. The van der Waals surface area contributed by atoms with Crippen LogP contribution in [0.1, 0.15) is 35.2 Å². The van der Waals surface area contributed by atoms with Gasteiger partial charge in [0.05, 0.1) is 6.54 Å². The molecule has 0 saturated heterocycles. The molecule has 0 unspecified atom stereocenters. The Bertz CT molecular complexity index is 389. The van der Waals surface area contributed by atoms with Crippen LogP contribution in [0.4, 0.5) is 8.78 Å². The van der Waals surface area contributed by atoms with E-state index in [0.29, 0.717) is 11.7 Å². The van der Waals surface area contributed by atoms with Gasteiger partial charge in [-0.15, -0.1) is 5.10 Å². The van der Waals surface area contributed by atoms with E-state index < -0.39 is 18.9 Å². The Morgan fingerprint density at radius 3 is 2.88 bits per heavy atom. The predicted octanol–water partition coefficient (Wildman–Crippen LogP) is 1.02. The second-order valence-electron chi connectivity index (χ2n) is 3.90. The number of nitrogens with zero attached hydrogens (tertiary/aromatic N) is 3. The molecular weight excluding hydrogens is 218 g/mol. The van der Waals surface area contributed by atoms with Crippen LogP contribution in [0.25, 0.3) is 0 Å². The molecule has 0 radical (unpaired) electrons. The van der Waals surface area contributed by atoms with Gasteiger partial charge in [0.1, 0.15) is 5.82 Å². The third-order valence-corrected chi connectivity index (χ3v) is 2.42. The molecule has 1 fully saturated rings. The van der Waals surface area contributed by atoms with Crippen molar-refractivity contribution < 1.29 is 13.6 Å². The summed E-state index contributed by atoms with van der Waals surface area (Å²) in [7, 11) is 1.31. The maximum Gasteiger partial charge on any atom is 0.293 e. The minimum atomic E-state index is -2.55. The fraction of sp³-hybridized carbons (Fsp3) is 0.667. The van der Waals surface area contributed by atoms with Gasteiger partial charge < -0.3 is 4.90 Å². The Morgan fingerprint density at radius 1 is 1.62 bits per heavy atom. The van der Waals surface area contributed by atoms with Crippen molar-refractivity contribution in [2.75, 3.05) is 13.6 Å². The first-order chi connectivity index (χ1) is 7.58. The third-order valence-electron chi connectivity index (χ3n) is 2.42. The molecule has 0 bridgehead atoms. The molecule has 88 valence electrons. The lowest BCUT2D eigenvalue weighted by atomic mass is 10.4. The van der Waals surface area contributed by atoms with Gasteiger partial charge in [0, 0.05) is 13.0 Å². The van der Waals surface area contributed by atoms with Gasteiger partial charge in [-0.3, -0.25) is 9.89 Å². The lowest BCUT2D eigenvalue weighted by Crippen LogP contribution is -2.32. The van der Waals surface area contributed by atoms with Crippen molar-refractivity contribution in [3.63, 3.8) is 0 Å². The number of aromatic nitrogens is 3. The molecule has 1 aliphatic rings. The van der Waals surface area contributed by atoms with Crippen LogP contribution in [-0.2, 0) is 0 Å². The number of amides is 1. The average molecular weight is 230 g/mol. The topological polar surface area (TPSA) is 61.9 Å². The van der Waals surface area contributed by atoms with E-state index in [1.807, 2.05) is 0 Å². The van der Waals surface area contributed by atoms with Crippen LogP contribution >= 0.6 is 0 Å². The first-order valence-electron chi connectivity index (χ1n) is 5.04. The largest absolute Gasteiger partial charge is 0.333 e. The molecule has 1 heterocycles. The second kappa shape index (κ2) is 4.15. The van der Waals surface area contributed by atoms with Crippen LogP contribution in [0.5, 0.6) is 0 Å². The monoisotopic (exact) mass is 230 g/mol. The van der Waals surface area contributed by atoms with Crippen LogP contribution in [-0.4, -0.2) is 46.0 Å². The van der Waals surface area contributed by atoms with Gasteiger partial charge in [-0.1, -0.05) is 0 Å². The van der Waals surface area contributed by atoms with Crippen molar-refractivity contribution in [1.29, 1.82) is 0 Å². The van der Waals surface area contributed by atoms with Crippen LogP contribution in [0.15, 0.2) is 0 Å². The summed E-state index contributed by atoms with van der Waals surface area (Å²) in [6.07, 6.45) is -0.471. The van der Waals surface area contributed by atoms with Gasteiger partial charge in [0.15, 0.2) is 0 Å². The molecule has 0 atom stereocenters. The normalized spacial score (nSPS) is 15.5. The molecule has 1 aromatic rings. The van der Waals surface area contributed by atoms with E-state index >= 15 is 0 Å². The summed E-state index contributed by atoms with van der Waals surface area (Å²) < 4.78 is 24.1. The summed E-state index contributed by atoms with van der Waals surface area (Å²) in [6.45, 7) is -0.605. The van der Waals surface area contributed by atoms with E-state index in [0.717, 1.165) is 17.7 Å². The van der Waals surface area contributed by atoms with E-state index in [2.05, 4.69) is 15.2 Å². The van der Waals surface area contributed by atoms with E-state index in [1.165, 1.54) is 7.05 Å². The molecule has 1 aliphatic carbocycles. The zero-order valence-electron chi connectivity index (χ0n) is 8.78. The lowest BCUT2D eigenvalue weighted by Gasteiger charge is -2.13. The zero-order valence-corrected chi connectivity index (χ0v) is 8.78. The number of rotatable bonds is 4. The van der Waals surface area contributed by atoms with Gasteiger partial charge in [-0.25, -0.2) is 13.8 Å². The smallest absolute Gasteiger partial charge is 0.293 e. The molecule has 1 saturated carbocycles. The molecule has 7 heteroatoms. The van der Waals surface area contributed by atoms with Crippen molar-refractivity contribution in [2.45, 2.75) is 25.2 Å². The van der Waals surface area contributed by atoms with E-state index in [1.54, 1.807) is 0 Å². The van der Waals surface area contributed by atoms with Gasteiger partial charge in [-0.05, 0) is 12.8 Å². The minimum Gasteiger partial charge on any atom is -0.333 e. The number of carbonyl (C=O) groups is 1. The molecule has 0 aromatic carbocycles. The highest BCUT2D eigenvalue weighted by Gasteiger charge is 2.29. The van der Waals surface area contributed by atoms with Gasteiger partial charge in [0.2, 0.25) is 5.82 Å². The van der Waals surface area contributed by atoms with Gasteiger partial charge >= 0.3 is 0 Å². The average Bonchev–Trinajstić information content (AvgIpc) is 2.95. The molecule has 2 rings (SSSR count). The molecule has 1 aromatic heterocycles. The zero-order chi connectivity index (χ0) is 11.7. The number of halogens is 2. The molecule has 1 amide bonds. The van der Waals surface area contributed by atoms with Crippen molar-refractivity contribution in [2.24, 2.45) is 0 Å². The quantitative estimate of drug-likeness (QED) is 0.840. The first kappa shape index (κ1) is 11.0. The van der Waals surface area contributed by atoms with Crippen LogP contribution in [0.2, 0.25) is 0 Å². The summed E-state index contributed by atoms with van der Waals surface area (Å²) in [6, 6.07) is 0. The number of hydrogen-bond donors (Lipinski definition) is 1. The number of carbonyl (C=O) groups excluding carboxylic acids is 1. The Balaban J connectivity index is 2.01. The number of hydrogen-bond acceptors (Lipinski definition) is 3. The Hall–Kier alpha value is -1.53. The Labute approximate surface area is 90.8 Å². The molecule has 1 N–H and O–H groups in total. The third kappa shape index (κ3) is 2.34. The molecule has 0 aliphatic heterocycles. The van der Waals surface area contributed by atoms with E-state index in [-0.39, 0.29) is 5.82 Å². The maximum absolute atomic E-state index is 12.1. The number of alkyl halides is 2. The highest BCUT2D eigenvalue weighted by atomic mass is 19.3. The number of nitrogens with one attached hydrogen (secondary N) is 1. The van der Waals surface area contributed by atoms with Crippen molar-refractivity contribution >= 4 is 5.91 Å². The Morgan fingerprint density at radius 2 is 2.31 bits per heavy atom. The maximum atomic E-state index is 12.1. The summed E-state index contributed by atoms with van der Waals surface area (Å²) in [4.78, 5) is 16.5. The summed E-state index contributed by atoms with van der Waals surface area (Å²) in [5.74, 6) is 0.414. The highest BCUT2D eigenvalue weighted by Crippen LogP contribution is 2.37. The molecule has 16 heavy (non-hydrogen) atoms. The predicted molar refractivity (Wildman–Crippen MR) is 51.3 cm³/mol. The minimum absolute atomic E-state index is 0.0370. The van der Waals surface area contributed by atoms with Crippen LogP contribution in [0, 0.1) is 0 Å². The van der Waals surface area contributed by atoms with E-state index in [9.17, 15) is 13.6 Å². The Kier molecular flexibility index (Phi) is 2.84. The summed E-state index contributed by atoms with van der Waals surface area (Å²) in [5.41, 5.74) is 0. The molecule has 0 spiro atoms. The lowest BCUT2D eigenvalue weighted by molar-refractivity contribution is 0.0610. The standard InChI is InChI=1S/C9H12F2N4O/c1-15(4-6(10)11)9(16)8-12-7(13-14-8)5-2-3-5/h5-6H,2-4H2,1H3,(H,12,13,14). The first-order valence-corrected chi connectivity index (χ1v) is 5.04. The summed E-state index contributed by atoms with van der Waals surface area (Å²) in [5, 5.41) is 6.39. The second-order valence-corrected chi connectivity index (χ2v) is 3.90. The fourth-order valence-electron chi connectivity index (χ4n) is 1.37. The van der Waals surface area contributed by atoms with Crippen molar-refractivity contribution in [1.82, 2.24) is 20.1 Å².